The summed E-state index contributed by atoms with van der Waals surface area (Å²) in [5.74, 6) is -0.0350. The lowest BCUT2D eigenvalue weighted by atomic mass is 9.84. The molecule has 0 spiro atoms. The predicted octanol–water partition coefficient (Wildman–Crippen LogP) is -1.62. The molecule has 0 saturated heterocycles. The van der Waals surface area contributed by atoms with E-state index < -0.39 is 12.1 Å². The van der Waals surface area contributed by atoms with E-state index in [9.17, 15) is 9.90 Å². The Kier molecular flexibility index (Phi) is 5.63. The molecule has 1 aliphatic rings. The van der Waals surface area contributed by atoms with Crippen molar-refractivity contribution in [1.29, 1.82) is 0 Å². The van der Waals surface area contributed by atoms with Gasteiger partial charge in [-0.15, -0.1) is 0 Å². The fraction of sp³-hybridized carbons (Fsp3) is 0.833. The molecule has 0 radical (unpaired) electrons. The summed E-state index contributed by atoms with van der Waals surface area (Å²) in [4.78, 5) is 14.6. The summed E-state index contributed by atoms with van der Waals surface area (Å²) in [6, 6.07) is -0.490. The maximum Gasteiger partial charge on any atom is 0.236 e. The highest BCUT2D eigenvalue weighted by Crippen LogP contribution is 2.07. The second-order valence-electron chi connectivity index (χ2n) is 4.26. The van der Waals surface area contributed by atoms with Crippen LogP contribution in [-0.4, -0.2) is 36.7 Å². The fourth-order valence-electron chi connectivity index (χ4n) is 1.74. The first-order chi connectivity index (χ1) is 7.72. The summed E-state index contributed by atoms with van der Waals surface area (Å²) in [6.07, 6.45) is 3.26. The summed E-state index contributed by atoms with van der Waals surface area (Å²) in [5, 5.41) is 14.7. The van der Waals surface area contributed by atoms with Crippen LogP contribution in [0.4, 0.5) is 0 Å². The Morgan fingerprint density at radius 1 is 1.31 bits per heavy atom. The number of nitrogens with one attached hydrogen (secondary N) is 2. The minimum atomic E-state index is -0.888. The number of unbranched alkanes of at least 4 members (excludes halogenated alkanes) is 2. The quantitative estimate of drug-likeness (QED) is 0.513. The van der Waals surface area contributed by atoms with Crippen molar-refractivity contribution in [2.24, 2.45) is 0 Å². The third kappa shape index (κ3) is 3.12. The lowest BCUT2D eigenvalue weighted by Crippen LogP contribution is -2.87. The molecule has 4 nitrogen and oxygen atoms in total. The summed E-state index contributed by atoms with van der Waals surface area (Å²) in [7, 11) is 0. The molecule has 92 valence electrons. The van der Waals surface area contributed by atoms with Gasteiger partial charge >= 0.3 is 0 Å². The van der Waals surface area contributed by atoms with Crippen molar-refractivity contribution in [3.05, 3.63) is 0 Å². The number of ketones is 1. The van der Waals surface area contributed by atoms with Crippen LogP contribution in [0.1, 0.15) is 39.5 Å². The van der Waals surface area contributed by atoms with E-state index in [-0.39, 0.29) is 5.78 Å². The highest BCUT2D eigenvalue weighted by molar-refractivity contribution is 6.48. The molecule has 4 heteroatoms. The molecule has 1 fully saturated rings. The van der Waals surface area contributed by atoms with Crippen LogP contribution in [0.5, 0.6) is 0 Å². The van der Waals surface area contributed by atoms with Crippen molar-refractivity contribution in [1.82, 2.24) is 5.32 Å². The van der Waals surface area contributed by atoms with Crippen LogP contribution in [0, 0.1) is 0 Å². The van der Waals surface area contributed by atoms with Crippen molar-refractivity contribution in [2.45, 2.75) is 51.7 Å². The lowest BCUT2D eigenvalue weighted by molar-refractivity contribution is -0.485. The zero-order valence-electron chi connectivity index (χ0n) is 10.2. The topological polar surface area (TPSA) is 66.1 Å². The van der Waals surface area contributed by atoms with E-state index >= 15 is 0 Å². The van der Waals surface area contributed by atoms with Gasteiger partial charge in [-0.3, -0.25) is 4.79 Å². The number of carbonyl (C=O) groups excluding carboxylic acids is 1. The van der Waals surface area contributed by atoms with Gasteiger partial charge in [0.2, 0.25) is 11.5 Å². The average Bonchev–Trinajstić information content (AvgIpc) is 2.30. The molecule has 0 aliphatic heterocycles. The molecule has 1 saturated carbocycles. The number of hydrogen-bond acceptors (Lipinski definition) is 3. The summed E-state index contributed by atoms with van der Waals surface area (Å²) >= 11 is 0. The average molecular weight is 226 g/mol. The Bertz CT molecular complexity index is 264. The van der Waals surface area contributed by atoms with Gasteiger partial charge in [-0.1, -0.05) is 26.7 Å². The van der Waals surface area contributed by atoms with Gasteiger partial charge < -0.3 is 10.4 Å². The normalized spacial score (nSPS) is 27.2. The molecule has 16 heavy (non-hydrogen) atoms. The number of rotatable bonds is 7. The van der Waals surface area contributed by atoms with Gasteiger partial charge in [0.25, 0.3) is 0 Å². The summed E-state index contributed by atoms with van der Waals surface area (Å²) < 4.78 is 0. The Balaban J connectivity index is 2.33. The highest BCUT2D eigenvalue weighted by atomic mass is 16.3. The van der Waals surface area contributed by atoms with Gasteiger partial charge in [-0.25, -0.2) is 4.99 Å². The first-order valence-corrected chi connectivity index (χ1v) is 6.26. The van der Waals surface area contributed by atoms with E-state index in [1.54, 1.807) is 0 Å². The van der Waals surface area contributed by atoms with Gasteiger partial charge in [0.15, 0.2) is 0 Å². The molecule has 0 aromatic carbocycles. The molecule has 0 aromatic rings. The van der Waals surface area contributed by atoms with Gasteiger partial charge in [0.1, 0.15) is 6.54 Å². The molecule has 2 atom stereocenters. The van der Waals surface area contributed by atoms with Gasteiger partial charge in [0.05, 0.1) is 6.04 Å². The molecular weight excluding hydrogens is 204 g/mol. The van der Waals surface area contributed by atoms with Gasteiger partial charge in [-0.2, -0.15) is 0 Å². The molecule has 0 aromatic heterocycles. The smallest absolute Gasteiger partial charge is 0.236 e. The van der Waals surface area contributed by atoms with E-state index in [0.717, 1.165) is 38.8 Å². The molecule has 1 rings (SSSR count). The Labute approximate surface area is 97.1 Å². The van der Waals surface area contributed by atoms with Crippen molar-refractivity contribution >= 4 is 11.5 Å². The maximum absolute atomic E-state index is 11.7. The zero-order chi connectivity index (χ0) is 12.0. The van der Waals surface area contributed by atoms with Crippen LogP contribution in [-0.2, 0) is 4.79 Å². The van der Waals surface area contributed by atoms with Crippen molar-refractivity contribution < 1.29 is 14.9 Å². The third-order valence-corrected chi connectivity index (χ3v) is 2.88. The largest absolute Gasteiger partial charge is 0.843 e. The Morgan fingerprint density at radius 3 is 2.56 bits per heavy atom. The molecule has 0 bridgehead atoms. The summed E-state index contributed by atoms with van der Waals surface area (Å²) in [5.41, 5.74) is 0.377. The minimum absolute atomic E-state index is 0.0350. The van der Waals surface area contributed by atoms with E-state index in [1.807, 2.05) is 0 Å². The van der Waals surface area contributed by atoms with Crippen LogP contribution in [0.2, 0.25) is 0 Å². The van der Waals surface area contributed by atoms with Gasteiger partial charge in [-0.05, 0) is 19.1 Å². The molecular formula is C12H22N2O2. The number of hydrogen-bond donors (Lipinski definition) is 2. The van der Waals surface area contributed by atoms with E-state index in [0.29, 0.717) is 5.71 Å². The lowest BCUT2D eigenvalue weighted by Gasteiger charge is -2.38. The number of carbonyl (C=O) groups is 1. The molecule has 2 unspecified atom stereocenters. The van der Waals surface area contributed by atoms with Crippen molar-refractivity contribution in [3.63, 3.8) is 0 Å². The first-order valence-electron chi connectivity index (χ1n) is 6.26. The zero-order valence-corrected chi connectivity index (χ0v) is 10.2. The Hall–Kier alpha value is -0.740. The van der Waals surface area contributed by atoms with Crippen molar-refractivity contribution in [2.75, 3.05) is 13.1 Å². The summed E-state index contributed by atoms with van der Waals surface area (Å²) in [6.45, 7) is 5.66. The standard InChI is InChI=1S/C12H21N2O2/c1-3-5-7-13-9-11(15)10(12(9)16)14-8-6-4-2/h9,11,13H,3-8H2,1-2H3/q-1/p+1. The fourth-order valence-corrected chi connectivity index (χ4v) is 1.74. The van der Waals surface area contributed by atoms with E-state index in [4.69, 9.17) is 0 Å². The van der Waals surface area contributed by atoms with E-state index in [1.165, 1.54) is 0 Å². The monoisotopic (exact) mass is 226 g/mol. The van der Waals surface area contributed by atoms with Crippen LogP contribution in [0.25, 0.3) is 0 Å². The maximum atomic E-state index is 11.7. The Morgan fingerprint density at radius 2 is 2.00 bits per heavy atom. The molecule has 0 amide bonds. The molecule has 2 N–H and O–H groups in total. The molecule has 0 heterocycles. The van der Waals surface area contributed by atoms with Crippen molar-refractivity contribution in [3.8, 4) is 0 Å². The second kappa shape index (κ2) is 6.76. The number of Topliss-reactive ketones (excluding diaryl/α,β-unsaturated/α-hetero) is 1. The third-order valence-electron chi connectivity index (χ3n) is 2.88. The van der Waals surface area contributed by atoms with E-state index in [2.05, 4.69) is 24.2 Å². The van der Waals surface area contributed by atoms with Crippen LogP contribution < -0.4 is 15.4 Å². The predicted molar refractivity (Wildman–Crippen MR) is 61.2 cm³/mol. The minimum Gasteiger partial charge on any atom is -0.843 e. The SMILES string of the molecule is CCCCNC1C(=O)C(=[NH+]CCCC)C1[O-]. The van der Waals surface area contributed by atoms with Crippen LogP contribution in [0.3, 0.4) is 0 Å². The van der Waals surface area contributed by atoms with Gasteiger partial charge in [0, 0.05) is 6.42 Å². The van der Waals surface area contributed by atoms with Crippen LogP contribution in [0.15, 0.2) is 0 Å². The second-order valence-corrected chi connectivity index (χ2v) is 4.26. The molecule has 1 aliphatic carbocycles. The van der Waals surface area contributed by atoms with Crippen LogP contribution >= 0.6 is 0 Å². The first kappa shape index (κ1) is 13.3. The highest BCUT2D eigenvalue weighted by Gasteiger charge is 2.43.